The molecular formula is C11H10ClFN2S. The lowest BCUT2D eigenvalue weighted by atomic mass is 10.1. The van der Waals surface area contributed by atoms with Crippen molar-refractivity contribution in [2.24, 2.45) is 5.84 Å². The summed E-state index contributed by atoms with van der Waals surface area (Å²) in [6, 6.07) is 8.35. The smallest absolute Gasteiger partial charge is 0.141 e. The van der Waals surface area contributed by atoms with E-state index in [0.717, 1.165) is 10.4 Å². The van der Waals surface area contributed by atoms with Gasteiger partial charge in [-0.05, 0) is 29.1 Å². The van der Waals surface area contributed by atoms with Crippen LogP contribution in [0.2, 0.25) is 5.02 Å². The van der Waals surface area contributed by atoms with Crippen LogP contribution in [0.25, 0.3) is 0 Å². The number of rotatable bonds is 3. The first-order chi connectivity index (χ1) is 7.72. The van der Waals surface area contributed by atoms with Crippen LogP contribution in [0.4, 0.5) is 4.39 Å². The highest BCUT2D eigenvalue weighted by atomic mass is 35.5. The lowest BCUT2D eigenvalue weighted by Crippen LogP contribution is -2.28. The van der Waals surface area contributed by atoms with Crippen molar-refractivity contribution in [1.82, 2.24) is 5.43 Å². The van der Waals surface area contributed by atoms with E-state index in [0.29, 0.717) is 0 Å². The molecule has 5 heteroatoms. The molecule has 0 saturated heterocycles. The molecule has 2 rings (SSSR count). The van der Waals surface area contributed by atoms with Gasteiger partial charge in [-0.1, -0.05) is 23.7 Å². The maximum Gasteiger partial charge on any atom is 0.141 e. The van der Waals surface area contributed by atoms with Gasteiger partial charge in [-0.3, -0.25) is 5.84 Å². The topological polar surface area (TPSA) is 38.0 Å². The second-order valence-corrected chi connectivity index (χ2v) is 4.68. The molecule has 16 heavy (non-hydrogen) atoms. The van der Waals surface area contributed by atoms with Crippen molar-refractivity contribution in [3.8, 4) is 0 Å². The first-order valence-corrected chi connectivity index (χ1v) is 5.92. The van der Waals surface area contributed by atoms with Crippen molar-refractivity contribution in [2.75, 3.05) is 0 Å². The number of nitrogens with two attached hydrogens (primary N) is 1. The lowest BCUT2D eigenvalue weighted by molar-refractivity contribution is 0.619. The van der Waals surface area contributed by atoms with E-state index in [-0.39, 0.29) is 11.1 Å². The predicted octanol–water partition coefficient (Wildman–Crippen LogP) is 3.09. The van der Waals surface area contributed by atoms with Crippen LogP contribution in [0, 0.1) is 5.82 Å². The minimum Gasteiger partial charge on any atom is -0.271 e. The van der Waals surface area contributed by atoms with Crippen molar-refractivity contribution in [3.63, 3.8) is 0 Å². The highest BCUT2D eigenvalue weighted by Crippen LogP contribution is 2.27. The van der Waals surface area contributed by atoms with Gasteiger partial charge in [0.1, 0.15) is 5.82 Å². The van der Waals surface area contributed by atoms with Crippen LogP contribution in [0.1, 0.15) is 16.5 Å². The number of halogens is 2. The summed E-state index contributed by atoms with van der Waals surface area (Å²) >= 11 is 7.32. The molecular weight excluding hydrogens is 247 g/mol. The monoisotopic (exact) mass is 256 g/mol. The molecule has 84 valence electrons. The van der Waals surface area contributed by atoms with E-state index in [4.69, 9.17) is 17.4 Å². The highest BCUT2D eigenvalue weighted by molar-refractivity contribution is 7.10. The van der Waals surface area contributed by atoms with E-state index in [1.807, 2.05) is 17.5 Å². The van der Waals surface area contributed by atoms with Crippen molar-refractivity contribution in [2.45, 2.75) is 6.04 Å². The van der Waals surface area contributed by atoms with Crippen molar-refractivity contribution < 1.29 is 4.39 Å². The third-order valence-corrected chi connectivity index (χ3v) is 3.50. The minimum atomic E-state index is -0.424. The van der Waals surface area contributed by atoms with E-state index in [1.54, 1.807) is 23.5 Å². The zero-order chi connectivity index (χ0) is 11.5. The molecule has 2 nitrogen and oxygen atoms in total. The van der Waals surface area contributed by atoms with Crippen LogP contribution in [0.15, 0.2) is 35.7 Å². The van der Waals surface area contributed by atoms with Gasteiger partial charge in [0.25, 0.3) is 0 Å². The van der Waals surface area contributed by atoms with Crippen LogP contribution in [0.5, 0.6) is 0 Å². The fourth-order valence-corrected chi connectivity index (χ4v) is 2.49. The van der Waals surface area contributed by atoms with Gasteiger partial charge in [-0.2, -0.15) is 0 Å². The van der Waals surface area contributed by atoms with Crippen LogP contribution in [0.3, 0.4) is 0 Å². The Morgan fingerprint density at radius 1 is 1.38 bits per heavy atom. The Balaban J connectivity index is 2.37. The Morgan fingerprint density at radius 3 is 2.75 bits per heavy atom. The van der Waals surface area contributed by atoms with Crippen LogP contribution < -0.4 is 11.3 Å². The molecule has 0 aliphatic heterocycles. The third-order valence-electron chi connectivity index (χ3n) is 2.27. The Labute approximate surface area is 102 Å². The summed E-state index contributed by atoms with van der Waals surface area (Å²) in [6.07, 6.45) is 0. The number of hydrogen-bond donors (Lipinski definition) is 2. The number of nitrogens with one attached hydrogen (secondary N) is 1. The second-order valence-electron chi connectivity index (χ2n) is 3.29. The van der Waals surface area contributed by atoms with Crippen molar-refractivity contribution in [3.05, 3.63) is 57.0 Å². The molecule has 0 saturated carbocycles. The minimum absolute atomic E-state index is 0.106. The normalized spacial score (nSPS) is 12.7. The third kappa shape index (κ3) is 2.25. The van der Waals surface area contributed by atoms with Gasteiger partial charge in [0, 0.05) is 4.88 Å². The molecule has 1 heterocycles. The summed E-state index contributed by atoms with van der Waals surface area (Å²) < 4.78 is 13.0. The van der Waals surface area contributed by atoms with Gasteiger partial charge >= 0.3 is 0 Å². The van der Waals surface area contributed by atoms with Gasteiger partial charge < -0.3 is 0 Å². The largest absolute Gasteiger partial charge is 0.271 e. The van der Waals surface area contributed by atoms with Crippen molar-refractivity contribution in [1.29, 1.82) is 0 Å². The fourth-order valence-electron chi connectivity index (χ4n) is 1.49. The summed E-state index contributed by atoms with van der Waals surface area (Å²) in [5, 5.41) is 2.07. The average Bonchev–Trinajstić information content (AvgIpc) is 2.78. The summed E-state index contributed by atoms with van der Waals surface area (Å²) in [5.41, 5.74) is 3.54. The summed E-state index contributed by atoms with van der Waals surface area (Å²) in [6.45, 7) is 0. The van der Waals surface area contributed by atoms with Crippen LogP contribution in [-0.4, -0.2) is 0 Å². The number of hydrogen-bond acceptors (Lipinski definition) is 3. The van der Waals surface area contributed by atoms with E-state index >= 15 is 0 Å². The molecule has 1 aromatic heterocycles. The second kappa shape index (κ2) is 4.93. The first kappa shape index (κ1) is 11.5. The Kier molecular flexibility index (Phi) is 3.56. The lowest BCUT2D eigenvalue weighted by Gasteiger charge is -2.15. The number of thiophene rings is 1. The summed E-state index contributed by atoms with van der Waals surface area (Å²) in [7, 11) is 0. The molecule has 2 aromatic rings. The standard InChI is InChI=1S/C11H10ClFN2S/c12-8-6-7(3-4-9(8)13)11(15-14)10-2-1-5-16-10/h1-6,11,15H,14H2. The molecule has 0 spiro atoms. The molecule has 0 amide bonds. The van der Waals surface area contributed by atoms with Gasteiger partial charge in [0.2, 0.25) is 0 Å². The van der Waals surface area contributed by atoms with E-state index in [1.165, 1.54) is 6.07 Å². The summed E-state index contributed by atoms with van der Waals surface area (Å²) in [5.74, 6) is 5.08. The highest BCUT2D eigenvalue weighted by Gasteiger charge is 2.14. The van der Waals surface area contributed by atoms with Crippen molar-refractivity contribution >= 4 is 22.9 Å². The molecule has 0 aliphatic carbocycles. The molecule has 1 unspecified atom stereocenters. The van der Waals surface area contributed by atoms with Gasteiger partial charge in [-0.25, -0.2) is 9.82 Å². The molecule has 0 fully saturated rings. The fraction of sp³-hybridized carbons (Fsp3) is 0.0909. The Hall–Kier alpha value is -0.940. The van der Waals surface area contributed by atoms with E-state index in [2.05, 4.69) is 5.43 Å². The molecule has 0 aliphatic rings. The number of hydrazine groups is 1. The SMILES string of the molecule is NNC(c1ccc(F)c(Cl)c1)c1cccs1. The maximum atomic E-state index is 13.0. The summed E-state index contributed by atoms with van der Waals surface area (Å²) in [4.78, 5) is 1.06. The van der Waals surface area contributed by atoms with E-state index < -0.39 is 5.82 Å². The quantitative estimate of drug-likeness (QED) is 0.654. The molecule has 0 bridgehead atoms. The van der Waals surface area contributed by atoms with Crippen LogP contribution in [-0.2, 0) is 0 Å². The van der Waals surface area contributed by atoms with Gasteiger partial charge in [0.05, 0.1) is 11.1 Å². The molecule has 3 N–H and O–H groups in total. The molecule has 1 aromatic carbocycles. The van der Waals surface area contributed by atoms with E-state index in [9.17, 15) is 4.39 Å². The Morgan fingerprint density at radius 2 is 2.19 bits per heavy atom. The average molecular weight is 257 g/mol. The zero-order valence-corrected chi connectivity index (χ0v) is 9.86. The maximum absolute atomic E-state index is 13.0. The predicted molar refractivity (Wildman–Crippen MR) is 64.9 cm³/mol. The zero-order valence-electron chi connectivity index (χ0n) is 8.28. The first-order valence-electron chi connectivity index (χ1n) is 4.67. The molecule has 1 atom stereocenters. The van der Waals surface area contributed by atoms with Gasteiger partial charge in [-0.15, -0.1) is 11.3 Å². The van der Waals surface area contributed by atoms with Gasteiger partial charge in [0.15, 0.2) is 0 Å². The Bertz CT molecular complexity index is 473. The van der Waals surface area contributed by atoms with Crippen LogP contribution >= 0.6 is 22.9 Å². The number of benzene rings is 1. The molecule has 0 radical (unpaired) electrons.